The largest absolute Gasteiger partial charge is 0.383 e. The predicted octanol–water partition coefficient (Wildman–Crippen LogP) is 0.610. The molecule has 0 aliphatic carbocycles. The van der Waals surface area contributed by atoms with Gasteiger partial charge in [0.25, 0.3) is 0 Å². The van der Waals surface area contributed by atoms with Crippen LogP contribution in [0.2, 0.25) is 0 Å². The Morgan fingerprint density at radius 1 is 1.29 bits per heavy atom. The van der Waals surface area contributed by atoms with Crippen molar-refractivity contribution in [2.75, 3.05) is 46.9 Å². The quantitative estimate of drug-likeness (QED) is 0.621. The van der Waals surface area contributed by atoms with Crippen LogP contribution in [0, 0.1) is 5.82 Å². The summed E-state index contributed by atoms with van der Waals surface area (Å²) in [5.41, 5.74) is 1.05. The summed E-state index contributed by atoms with van der Waals surface area (Å²) in [6.07, 6.45) is 0. The van der Waals surface area contributed by atoms with Crippen LogP contribution in [0.4, 0.5) is 4.39 Å². The van der Waals surface area contributed by atoms with Gasteiger partial charge in [-0.05, 0) is 24.7 Å². The van der Waals surface area contributed by atoms with Crippen LogP contribution in [0.25, 0.3) is 0 Å². The molecule has 1 rings (SSSR count). The maximum absolute atomic E-state index is 12.8. The first-order valence-electron chi connectivity index (χ1n) is 7.01. The van der Waals surface area contributed by atoms with Gasteiger partial charge in [0, 0.05) is 33.3 Å². The van der Waals surface area contributed by atoms with Crippen LogP contribution in [0.3, 0.4) is 0 Å². The Kier molecular flexibility index (Phi) is 8.57. The lowest BCUT2D eigenvalue weighted by Crippen LogP contribution is -2.38. The van der Waals surface area contributed by atoms with E-state index in [0.717, 1.165) is 18.7 Å². The SMILES string of the molecule is COCCNCC(=O)NCCN(C)Cc1ccc(F)cc1. The highest BCUT2D eigenvalue weighted by Gasteiger charge is 2.03. The summed E-state index contributed by atoms with van der Waals surface area (Å²) < 4.78 is 17.7. The number of hydrogen-bond donors (Lipinski definition) is 2. The standard InChI is InChI=1S/C15H24FN3O2/c1-19(12-13-3-5-14(16)6-4-13)9-7-18-15(20)11-17-8-10-21-2/h3-6,17H,7-12H2,1-2H3,(H,18,20). The van der Waals surface area contributed by atoms with E-state index in [-0.39, 0.29) is 11.7 Å². The van der Waals surface area contributed by atoms with E-state index in [9.17, 15) is 9.18 Å². The molecular formula is C15H24FN3O2. The molecule has 0 saturated carbocycles. The molecule has 5 nitrogen and oxygen atoms in total. The molecule has 0 aromatic heterocycles. The Hall–Kier alpha value is -1.50. The number of carbonyl (C=O) groups excluding carboxylic acids is 1. The Bertz CT molecular complexity index is 412. The molecule has 1 aromatic rings. The second kappa shape index (κ2) is 10.3. The maximum atomic E-state index is 12.8. The zero-order valence-corrected chi connectivity index (χ0v) is 12.7. The molecule has 0 spiro atoms. The summed E-state index contributed by atoms with van der Waals surface area (Å²) in [7, 11) is 3.59. The van der Waals surface area contributed by atoms with Crippen LogP contribution >= 0.6 is 0 Å². The lowest BCUT2D eigenvalue weighted by Gasteiger charge is -2.17. The number of methoxy groups -OCH3 is 1. The van der Waals surface area contributed by atoms with Crippen LogP contribution < -0.4 is 10.6 Å². The molecule has 1 amide bonds. The highest BCUT2D eigenvalue weighted by molar-refractivity contribution is 5.77. The molecule has 118 valence electrons. The molecule has 2 N–H and O–H groups in total. The highest BCUT2D eigenvalue weighted by atomic mass is 19.1. The fourth-order valence-electron chi connectivity index (χ4n) is 1.81. The van der Waals surface area contributed by atoms with Gasteiger partial charge in [0.1, 0.15) is 5.82 Å². The molecule has 6 heteroatoms. The summed E-state index contributed by atoms with van der Waals surface area (Å²) in [6, 6.07) is 6.45. The van der Waals surface area contributed by atoms with E-state index in [1.165, 1.54) is 12.1 Å². The van der Waals surface area contributed by atoms with Gasteiger partial charge in [-0.3, -0.25) is 4.79 Å². The Balaban J connectivity index is 2.11. The van der Waals surface area contributed by atoms with Gasteiger partial charge in [-0.1, -0.05) is 12.1 Å². The van der Waals surface area contributed by atoms with Crippen LogP contribution in [-0.4, -0.2) is 57.8 Å². The van der Waals surface area contributed by atoms with Crippen LogP contribution in [0.1, 0.15) is 5.56 Å². The van der Waals surface area contributed by atoms with Crippen molar-refractivity contribution in [2.45, 2.75) is 6.54 Å². The van der Waals surface area contributed by atoms with Crippen molar-refractivity contribution in [1.29, 1.82) is 0 Å². The van der Waals surface area contributed by atoms with Gasteiger partial charge in [-0.15, -0.1) is 0 Å². The average Bonchev–Trinajstić information content (AvgIpc) is 2.46. The van der Waals surface area contributed by atoms with Gasteiger partial charge in [-0.25, -0.2) is 4.39 Å². The zero-order chi connectivity index (χ0) is 15.5. The third-order valence-corrected chi connectivity index (χ3v) is 2.95. The summed E-state index contributed by atoms with van der Waals surface area (Å²) in [5.74, 6) is -0.254. The number of halogens is 1. The molecule has 0 aliphatic rings. The first kappa shape index (κ1) is 17.6. The number of benzene rings is 1. The number of likely N-dealkylation sites (N-methyl/N-ethyl adjacent to an activating group) is 1. The number of rotatable bonds is 10. The van der Waals surface area contributed by atoms with Gasteiger partial charge < -0.3 is 20.3 Å². The van der Waals surface area contributed by atoms with Crippen molar-refractivity contribution in [3.8, 4) is 0 Å². The lowest BCUT2D eigenvalue weighted by molar-refractivity contribution is -0.120. The molecule has 1 aromatic carbocycles. The van der Waals surface area contributed by atoms with Crippen molar-refractivity contribution in [1.82, 2.24) is 15.5 Å². The Labute approximate surface area is 125 Å². The summed E-state index contributed by atoms with van der Waals surface area (Å²) in [4.78, 5) is 13.6. The van der Waals surface area contributed by atoms with Gasteiger partial charge in [0.2, 0.25) is 5.91 Å². The minimum atomic E-state index is -0.227. The maximum Gasteiger partial charge on any atom is 0.234 e. The van der Waals surface area contributed by atoms with Crippen LogP contribution in [-0.2, 0) is 16.1 Å². The summed E-state index contributed by atoms with van der Waals surface area (Å²) in [6.45, 7) is 3.60. The summed E-state index contributed by atoms with van der Waals surface area (Å²) >= 11 is 0. The topological polar surface area (TPSA) is 53.6 Å². The first-order valence-corrected chi connectivity index (χ1v) is 7.01. The van der Waals surface area contributed by atoms with Crippen molar-refractivity contribution in [3.05, 3.63) is 35.6 Å². The molecule has 0 heterocycles. The molecule has 0 radical (unpaired) electrons. The van der Waals surface area contributed by atoms with E-state index in [1.807, 2.05) is 7.05 Å². The normalized spacial score (nSPS) is 10.9. The van der Waals surface area contributed by atoms with E-state index in [4.69, 9.17) is 4.74 Å². The average molecular weight is 297 g/mol. The predicted molar refractivity (Wildman–Crippen MR) is 80.5 cm³/mol. The van der Waals surface area contributed by atoms with E-state index in [1.54, 1.807) is 19.2 Å². The van der Waals surface area contributed by atoms with Crippen molar-refractivity contribution < 1.29 is 13.9 Å². The summed E-state index contributed by atoms with van der Waals surface area (Å²) in [5, 5.41) is 5.82. The third kappa shape index (κ3) is 8.39. The van der Waals surface area contributed by atoms with E-state index in [0.29, 0.717) is 26.2 Å². The van der Waals surface area contributed by atoms with Crippen LogP contribution in [0.5, 0.6) is 0 Å². The van der Waals surface area contributed by atoms with Gasteiger partial charge in [-0.2, -0.15) is 0 Å². The van der Waals surface area contributed by atoms with Crippen molar-refractivity contribution in [3.63, 3.8) is 0 Å². The van der Waals surface area contributed by atoms with Crippen molar-refractivity contribution in [2.24, 2.45) is 0 Å². The second-order valence-corrected chi connectivity index (χ2v) is 4.88. The fourth-order valence-corrected chi connectivity index (χ4v) is 1.81. The van der Waals surface area contributed by atoms with Gasteiger partial charge in [0.05, 0.1) is 13.2 Å². The first-order chi connectivity index (χ1) is 10.1. The van der Waals surface area contributed by atoms with E-state index in [2.05, 4.69) is 15.5 Å². The molecule has 0 saturated heterocycles. The van der Waals surface area contributed by atoms with E-state index < -0.39 is 0 Å². The van der Waals surface area contributed by atoms with Crippen molar-refractivity contribution >= 4 is 5.91 Å². The molecule has 0 aliphatic heterocycles. The minimum absolute atomic E-state index is 0.0266. The molecular weight excluding hydrogens is 273 g/mol. The Morgan fingerprint density at radius 2 is 2.00 bits per heavy atom. The monoisotopic (exact) mass is 297 g/mol. The Morgan fingerprint density at radius 3 is 2.67 bits per heavy atom. The fraction of sp³-hybridized carbons (Fsp3) is 0.533. The van der Waals surface area contributed by atoms with E-state index >= 15 is 0 Å². The third-order valence-electron chi connectivity index (χ3n) is 2.95. The molecule has 0 bridgehead atoms. The number of ether oxygens (including phenoxy) is 1. The highest BCUT2D eigenvalue weighted by Crippen LogP contribution is 2.04. The smallest absolute Gasteiger partial charge is 0.234 e. The molecule has 0 fully saturated rings. The lowest BCUT2D eigenvalue weighted by atomic mass is 10.2. The molecule has 0 unspecified atom stereocenters. The van der Waals surface area contributed by atoms with Gasteiger partial charge in [0.15, 0.2) is 0 Å². The van der Waals surface area contributed by atoms with Crippen LogP contribution in [0.15, 0.2) is 24.3 Å². The number of nitrogens with zero attached hydrogens (tertiary/aromatic N) is 1. The number of amides is 1. The second-order valence-electron chi connectivity index (χ2n) is 4.88. The number of carbonyl (C=O) groups is 1. The number of hydrogen-bond acceptors (Lipinski definition) is 4. The molecule has 21 heavy (non-hydrogen) atoms. The minimum Gasteiger partial charge on any atom is -0.383 e. The number of nitrogens with one attached hydrogen (secondary N) is 2. The van der Waals surface area contributed by atoms with Gasteiger partial charge >= 0.3 is 0 Å². The zero-order valence-electron chi connectivity index (χ0n) is 12.7. The molecule has 0 atom stereocenters.